The summed E-state index contributed by atoms with van der Waals surface area (Å²) in [5.41, 5.74) is 7.89. The zero-order chi connectivity index (χ0) is 20.1. The minimum atomic E-state index is -2.59. The van der Waals surface area contributed by atoms with Crippen LogP contribution in [0.25, 0.3) is 0 Å². The minimum absolute atomic E-state index is 0.145. The molecule has 1 aliphatic heterocycles. The molecule has 1 fully saturated rings. The lowest BCUT2D eigenvalue weighted by atomic mass is 9.86. The predicted molar refractivity (Wildman–Crippen MR) is 104 cm³/mol. The van der Waals surface area contributed by atoms with Gasteiger partial charge in [-0.1, -0.05) is 6.07 Å². The number of unbranched alkanes of at least 4 members (excludes halogenated alkanes) is 1. The number of carbonyl (C=O) groups is 1. The molecule has 2 aliphatic rings. The van der Waals surface area contributed by atoms with Crippen molar-refractivity contribution in [3.8, 4) is 0 Å². The van der Waals surface area contributed by atoms with Crippen LogP contribution in [0.15, 0.2) is 12.1 Å². The number of hydrogen-bond acceptors (Lipinski definition) is 5. The molecular weight excluding hydrogens is 366 g/mol. The number of anilines is 1. The largest absolute Gasteiger partial charge is 0.480 e. The first kappa shape index (κ1) is 20.9. The van der Waals surface area contributed by atoms with Gasteiger partial charge < -0.3 is 16.2 Å². The minimum Gasteiger partial charge on any atom is -0.480 e. The Morgan fingerprint density at radius 1 is 1.36 bits per heavy atom. The highest BCUT2D eigenvalue weighted by molar-refractivity contribution is 5.72. The number of alkyl halides is 2. The number of halogens is 2. The normalized spacial score (nSPS) is 19.6. The number of aliphatic carboxylic acids is 1. The Bertz CT molecular complexity index is 678. The number of hydrogen-bond donors (Lipinski definition) is 3. The maximum atomic E-state index is 13.3. The summed E-state index contributed by atoms with van der Waals surface area (Å²) in [7, 11) is 0. The number of carboxylic acid groups (broad SMARTS) is 1. The molecule has 28 heavy (non-hydrogen) atoms. The molecule has 6 nitrogen and oxygen atoms in total. The molecule has 0 saturated heterocycles. The van der Waals surface area contributed by atoms with E-state index in [1.807, 2.05) is 4.90 Å². The predicted octanol–water partition coefficient (Wildman–Crippen LogP) is 2.66. The highest BCUT2D eigenvalue weighted by atomic mass is 19.3. The van der Waals surface area contributed by atoms with Crippen LogP contribution >= 0.6 is 0 Å². The van der Waals surface area contributed by atoms with E-state index in [1.54, 1.807) is 0 Å². The molecule has 0 radical (unpaired) electrons. The molecule has 1 atom stereocenters. The van der Waals surface area contributed by atoms with Crippen LogP contribution in [0.4, 0.5) is 14.6 Å². The standard InChI is InChI=1S/C20H30F2N4O2/c21-20(22)12-16(13-20)26(11-8-17(23)19(27)28)10-2-1-5-15-7-6-14-4-3-9-24-18(14)25-15/h6-7,16-17H,1-5,8-13,23H2,(H,24,25)(H,27,28). The summed E-state index contributed by atoms with van der Waals surface area (Å²) in [5.74, 6) is -2.64. The van der Waals surface area contributed by atoms with Gasteiger partial charge in [0.25, 0.3) is 5.92 Å². The van der Waals surface area contributed by atoms with Crippen molar-refractivity contribution in [1.29, 1.82) is 0 Å². The van der Waals surface area contributed by atoms with Gasteiger partial charge in [-0.05, 0) is 56.7 Å². The molecular formula is C20H30F2N4O2. The van der Waals surface area contributed by atoms with Gasteiger partial charge in [-0.2, -0.15) is 0 Å². The second-order valence-electron chi connectivity index (χ2n) is 7.99. The molecule has 4 N–H and O–H groups in total. The molecule has 1 saturated carbocycles. The van der Waals surface area contributed by atoms with Crippen molar-refractivity contribution in [3.63, 3.8) is 0 Å². The van der Waals surface area contributed by atoms with E-state index < -0.39 is 17.9 Å². The van der Waals surface area contributed by atoms with Crippen LogP contribution in [0.5, 0.6) is 0 Å². The Hall–Kier alpha value is -1.80. The van der Waals surface area contributed by atoms with E-state index in [1.165, 1.54) is 5.56 Å². The first-order valence-corrected chi connectivity index (χ1v) is 10.2. The van der Waals surface area contributed by atoms with E-state index in [-0.39, 0.29) is 25.3 Å². The summed E-state index contributed by atoms with van der Waals surface area (Å²) in [6, 6.07) is 3.08. The van der Waals surface area contributed by atoms with Crippen LogP contribution in [-0.2, 0) is 17.6 Å². The lowest BCUT2D eigenvalue weighted by Crippen LogP contribution is -2.52. The van der Waals surface area contributed by atoms with Crippen molar-refractivity contribution in [1.82, 2.24) is 9.88 Å². The summed E-state index contributed by atoms with van der Waals surface area (Å²) in [4.78, 5) is 17.6. The van der Waals surface area contributed by atoms with Crippen LogP contribution in [0.1, 0.15) is 49.8 Å². The van der Waals surface area contributed by atoms with Gasteiger partial charge in [0.05, 0.1) is 0 Å². The fraction of sp³-hybridized carbons (Fsp3) is 0.700. The SMILES string of the molecule is NC(CCN(CCCCc1ccc2c(n1)NCCC2)C1CC(F)(F)C1)C(=O)O. The summed E-state index contributed by atoms with van der Waals surface area (Å²) >= 11 is 0. The number of pyridine rings is 1. The Morgan fingerprint density at radius 3 is 2.86 bits per heavy atom. The summed E-state index contributed by atoms with van der Waals surface area (Å²) in [6.45, 7) is 2.08. The molecule has 156 valence electrons. The second kappa shape index (κ2) is 9.13. The number of aryl methyl sites for hydroxylation is 2. The maximum Gasteiger partial charge on any atom is 0.320 e. The van der Waals surface area contributed by atoms with E-state index in [0.717, 1.165) is 50.2 Å². The molecule has 1 aliphatic carbocycles. The summed E-state index contributed by atoms with van der Waals surface area (Å²) in [5, 5.41) is 12.3. The number of aromatic nitrogens is 1. The van der Waals surface area contributed by atoms with Crippen LogP contribution in [-0.4, -0.2) is 58.6 Å². The van der Waals surface area contributed by atoms with Crippen LogP contribution in [0.2, 0.25) is 0 Å². The number of nitrogens with one attached hydrogen (secondary N) is 1. The van der Waals surface area contributed by atoms with Crippen molar-refractivity contribution in [2.45, 2.75) is 69.4 Å². The van der Waals surface area contributed by atoms with Crippen molar-refractivity contribution >= 4 is 11.8 Å². The number of nitrogens with zero attached hydrogens (tertiary/aromatic N) is 2. The Morgan fingerprint density at radius 2 is 2.14 bits per heavy atom. The highest BCUT2D eigenvalue weighted by Gasteiger charge is 2.47. The van der Waals surface area contributed by atoms with Crippen LogP contribution < -0.4 is 11.1 Å². The molecule has 3 rings (SSSR count). The fourth-order valence-corrected chi connectivity index (χ4v) is 3.92. The van der Waals surface area contributed by atoms with Gasteiger partial charge in [0, 0.05) is 37.7 Å². The lowest BCUT2D eigenvalue weighted by molar-refractivity contribution is -0.140. The smallest absolute Gasteiger partial charge is 0.320 e. The third-order valence-corrected chi connectivity index (χ3v) is 5.71. The maximum absolute atomic E-state index is 13.3. The molecule has 0 spiro atoms. The van der Waals surface area contributed by atoms with Gasteiger partial charge in [-0.25, -0.2) is 13.8 Å². The zero-order valence-corrected chi connectivity index (χ0v) is 16.2. The molecule has 2 heterocycles. The second-order valence-corrected chi connectivity index (χ2v) is 7.99. The van der Waals surface area contributed by atoms with E-state index in [2.05, 4.69) is 22.4 Å². The van der Waals surface area contributed by atoms with Gasteiger partial charge in [0.2, 0.25) is 0 Å². The number of rotatable bonds is 10. The summed E-state index contributed by atoms with van der Waals surface area (Å²) < 4.78 is 26.5. The van der Waals surface area contributed by atoms with E-state index in [4.69, 9.17) is 10.8 Å². The lowest BCUT2D eigenvalue weighted by Gasteiger charge is -2.43. The topological polar surface area (TPSA) is 91.5 Å². The Balaban J connectivity index is 1.45. The fourth-order valence-electron chi connectivity index (χ4n) is 3.92. The van der Waals surface area contributed by atoms with Crippen molar-refractivity contribution in [2.24, 2.45) is 5.73 Å². The van der Waals surface area contributed by atoms with E-state index >= 15 is 0 Å². The van der Waals surface area contributed by atoms with Gasteiger partial charge in [0.1, 0.15) is 11.9 Å². The Kier molecular flexibility index (Phi) is 6.82. The molecule has 1 aromatic rings. The zero-order valence-electron chi connectivity index (χ0n) is 16.2. The number of fused-ring (bicyclic) bond motifs is 1. The van der Waals surface area contributed by atoms with Gasteiger partial charge >= 0.3 is 5.97 Å². The quantitative estimate of drug-likeness (QED) is 0.527. The highest BCUT2D eigenvalue weighted by Crippen LogP contribution is 2.40. The third-order valence-electron chi connectivity index (χ3n) is 5.71. The van der Waals surface area contributed by atoms with Crippen molar-refractivity contribution in [3.05, 3.63) is 23.4 Å². The molecule has 0 amide bonds. The molecule has 0 aromatic carbocycles. The van der Waals surface area contributed by atoms with Crippen molar-refractivity contribution in [2.75, 3.05) is 25.0 Å². The molecule has 1 unspecified atom stereocenters. The molecule has 0 bridgehead atoms. The van der Waals surface area contributed by atoms with E-state index in [0.29, 0.717) is 13.1 Å². The van der Waals surface area contributed by atoms with Gasteiger partial charge in [-0.15, -0.1) is 0 Å². The first-order chi connectivity index (χ1) is 13.3. The average Bonchev–Trinajstić information content (AvgIpc) is 2.65. The van der Waals surface area contributed by atoms with Crippen molar-refractivity contribution < 1.29 is 18.7 Å². The van der Waals surface area contributed by atoms with Gasteiger partial charge in [0.15, 0.2) is 0 Å². The molecule has 1 aromatic heterocycles. The summed E-state index contributed by atoms with van der Waals surface area (Å²) in [6.07, 6.45) is 4.80. The molecule has 8 heteroatoms. The monoisotopic (exact) mass is 396 g/mol. The average molecular weight is 396 g/mol. The van der Waals surface area contributed by atoms with Crippen LogP contribution in [0.3, 0.4) is 0 Å². The third kappa shape index (κ3) is 5.61. The number of carboxylic acids is 1. The van der Waals surface area contributed by atoms with Crippen LogP contribution in [0, 0.1) is 0 Å². The Labute approximate surface area is 164 Å². The van der Waals surface area contributed by atoms with Gasteiger partial charge in [-0.3, -0.25) is 9.69 Å². The van der Waals surface area contributed by atoms with E-state index in [9.17, 15) is 13.6 Å². The first-order valence-electron chi connectivity index (χ1n) is 10.2. The number of nitrogens with two attached hydrogens (primary N) is 1.